The SMILES string of the molecule is CCNC(=NCc1cc(OC)c(OC)cc1OC)NCCCOC1CCCCC1.I. The Hall–Kier alpha value is -1.42. The van der Waals surface area contributed by atoms with Crippen LogP contribution in [-0.4, -0.2) is 53.1 Å². The molecule has 0 radical (unpaired) electrons. The van der Waals surface area contributed by atoms with Crippen LogP contribution < -0.4 is 24.8 Å². The van der Waals surface area contributed by atoms with Crippen molar-refractivity contribution in [1.29, 1.82) is 0 Å². The van der Waals surface area contributed by atoms with E-state index in [1.807, 2.05) is 12.1 Å². The van der Waals surface area contributed by atoms with Crippen LogP contribution in [0.25, 0.3) is 0 Å². The van der Waals surface area contributed by atoms with E-state index in [2.05, 4.69) is 22.5 Å². The van der Waals surface area contributed by atoms with Gasteiger partial charge in [0.1, 0.15) is 5.75 Å². The molecule has 7 nitrogen and oxygen atoms in total. The molecule has 1 saturated carbocycles. The van der Waals surface area contributed by atoms with Crippen molar-refractivity contribution in [3.63, 3.8) is 0 Å². The minimum Gasteiger partial charge on any atom is -0.496 e. The molecule has 0 bridgehead atoms. The Morgan fingerprint density at radius 3 is 2.27 bits per heavy atom. The highest BCUT2D eigenvalue weighted by molar-refractivity contribution is 14.0. The van der Waals surface area contributed by atoms with Crippen LogP contribution in [-0.2, 0) is 11.3 Å². The Labute approximate surface area is 198 Å². The van der Waals surface area contributed by atoms with Gasteiger partial charge in [0.2, 0.25) is 0 Å². The normalized spacial score (nSPS) is 14.6. The average Bonchev–Trinajstić information content (AvgIpc) is 2.77. The van der Waals surface area contributed by atoms with Crippen LogP contribution in [0.4, 0.5) is 0 Å². The Balaban J connectivity index is 0.00000450. The van der Waals surface area contributed by atoms with Crippen LogP contribution in [0.2, 0.25) is 0 Å². The molecular weight excluding hydrogens is 497 g/mol. The van der Waals surface area contributed by atoms with Gasteiger partial charge in [0, 0.05) is 31.3 Å². The molecule has 1 aliphatic carbocycles. The summed E-state index contributed by atoms with van der Waals surface area (Å²) in [6.07, 6.45) is 7.81. The second-order valence-electron chi connectivity index (χ2n) is 7.13. The van der Waals surface area contributed by atoms with Crippen molar-refractivity contribution < 1.29 is 18.9 Å². The summed E-state index contributed by atoms with van der Waals surface area (Å²) in [5.74, 6) is 2.81. The molecular formula is C22H38IN3O4. The molecule has 8 heteroatoms. The van der Waals surface area contributed by atoms with Crippen molar-refractivity contribution in [2.45, 2.75) is 58.1 Å². The largest absolute Gasteiger partial charge is 0.496 e. The molecule has 0 atom stereocenters. The summed E-state index contributed by atoms with van der Waals surface area (Å²) in [5.41, 5.74) is 0.933. The summed E-state index contributed by atoms with van der Waals surface area (Å²) in [6, 6.07) is 3.73. The van der Waals surface area contributed by atoms with Crippen molar-refractivity contribution in [2.75, 3.05) is 41.0 Å². The molecule has 1 aromatic rings. The molecule has 0 unspecified atom stereocenters. The maximum Gasteiger partial charge on any atom is 0.191 e. The molecule has 0 amide bonds. The van der Waals surface area contributed by atoms with Crippen LogP contribution in [0.15, 0.2) is 17.1 Å². The fraction of sp³-hybridized carbons (Fsp3) is 0.682. The van der Waals surface area contributed by atoms with E-state index in [0.717, 1.165) is 43.4 Å². The summed E-state index contributed by atoms with van der Waals surface area (Å²) < 4.78 is 22.2. The number of ether oxygens (including phenoxy) is 4. The number of halogens is 1. The second kappa shape index (κ2) is 15.4. The standard InChI is InChI=1S/C22H37N3O4.HI/c1-5-23-22(24-12-9-13-29-18-10-7-6-8-11-18)25-16-17-14-20(27-3)21(28-4)15-19(17)26-2;/h14-15,18H,5-13,16H2,1-4H3,(H2,23,24,25);1H. The van der Waals surface area contributed by atoms with Crippen LogP contribution >= 0.6 is 24.0 Å². The van der Waals surface area contributed by atoms with E-state index in [0.29, 0.717) is 24.1 Å². The van der Waals surface area contributed by atoms with Gasteiger partial charge in [-0.3, -0.25) is 0 Å². The van der Waals surface area contributed by atoms with E-state index < -0.39 is 0 Å². The van der Waals surface area contributed by atoms with Gasteiger partial charge >= 0.3 is 0 Å². The van der Waals surface area contributed by atoms with Crippen LogP contribution in [0.1, 0.15) is 51.0 Å². The molecule has 0 spiro atoms. The molecule has 172 valence electrons. The highest BCUT2D eigenvalue weighted by Gasteiger charge is 2.13. The third-order valence-corrected chi connectivity index (χ3v) is 5.06. The number of methoxy groups -OCH3 is 3. The quantitative estimate of drug-likeness (QED) is 0.192. The maximum absolute atomic E-state index is 5.99. The monoisotopic (exact) mass is 535 g/mol. The molecule has 1 aromatic carbocycles. The second-order valence-corrected chi connectivity index (χ2v) is 7.13. The summed E-state index contributed by atoms with van der Waals surface area (Å²) in [7, 11) is 4.88. The lowest BCUT2D eigenvalue weighted by molar-refractivity contribution is 0.0277. The number of hydrogen-bond acceptors (Lipinski definition) is 5. The zero-order valence-electron chi connectivity index (χ0n) is 18.8. The molecule has 0 aromatic heterocycles. The predicted molar refractivity (Wildman–Crippen MR) is 132 cm³/mol. The number of nitrogens with one attached hydrogen (secondary N) is 2. The fourth-order valence-corrected chi connectivity index (χ4v) is 3.48. The maximum atomic E-state index is 5.99. The smallest absolute Gasteiger partial charge is 0.191 e. The summed E-state index contributed by atoms with van der Waals surface area (Å²) in [4.78, 5) is 4.69. The third-order valence-electron chi connectivity index (χ3n) is 5.06. The van der Waals surface area contributed by atoms with Gasteiger partial charge in [-0.1, -0.05) is 19.3 Å². The summed E-state index contributed by atoms with van der Waals surface area (Å²) in [5, 5.41) is 6.66. The average molecular weight is 535 g/mol. The number of guanidine groups is 1. The van der Waals surface area contributed by atoms with E-state index in [1.165, 1.54) is 32.1 Å². The number of rotatable bonds is 11. The van der Waals surface area contributed by atoms with E-state index in [9.17, 15) is 0 Å². The first-order valence-electron chi connectivity index (χ1n) is 10.6. The Kier molecular flexibility index (Phi) is 13.7. The van der Waals surface area contributed by atoms with Crippen molar-refractivity contribution in [2.24, 2.45) is 4.99 Å². The lowest BCUT2D eigenvalue weighted by atomic mass is 9.98. The molecule has 1 fully saturated rings. The number of hydrogen-bond donors (Lipinski definition) is 2. The molecule has 0 saturated heterocycles. The number of aliphatic imine (C=N–C) groups is 1. The topological polar surface area (TPSA) is 73.3 Å². The summed E-state index contributed by atoms with van der Waals surface area (Å²) in [6.45, 7) is 4.94. The minimum atomic E-state index is 0. The van der Waals surface area contributed by atoms with Gasteiger partial charge in [-0.05, 0) is 32.3 Å². The first-order valence-corrected chi connectivity index (χ1v) is 10.6. The van der Waals surface area contributed by atoms with Crippen LogP contribution in [0.5, 0.6) is 17.2 Å². The highest BCUT2D eigenvalue weighted by atomic mass is 127. The molecule has 0 heterocycles. The summed E-state index contributed by atoms with van der Waals surface area (Å²) >= 11 is 0. The fourth-order valence-electron chi connectivity index (χ4n) is 3.48. The number of nitrogens with zero attached hydrogens (tertiary/aromatic N) is 1. The van der Waals surface area contributed by atoms with Crippen molar-refractivity contribution in [1.82, 2.24) is 10.6 Å². The molecule has 30 heavy (non-hydrogen) atoms. The van der Waals surface area contributed by atoms with Crippen LogP contribution in [0.3, 0.4) is 0 Å². The van der Waals surface area contributed by atoms with Gasteiger partial charge in [0.05, 0.1) is 34.0 Å². The highest BCUT2D eigenvalue weighted by Crippen LogP contribution is 2.34. The Bertz CT molecular complexity index is 637. The van der Waals surface area contributed by atoms with Crippen molar-refractivity contribution in [3.05, 3.63) is 17.7 Å². The minimum absolute atomic E-state index is 0. The van der Waals surface area contributed by atoms with Gasteiger partial charge in [-0.15, -0.1) is 24.0 Å². The zero-order valence-corrected chi connectivity index (χ0v) is 21.1. The van der Waals surface area contributed by atoms with Gasteiger partial charge in [-0.2, -0.15) is 0 Å². The molecule has 0 aliphatic heterocycles. The van der Waals surface area contributed by atoms with Crippen molar-refractivity contribution >= 4 is 29.9 Å². The van der Waals surface area contributed by atoms with Gasteiger partial charge < -0.3 is 29.6 Å². The lowest BCUT2D eigenvalue weighted by Crippen LogP contribution is -2.38. The van der Waals surface area contributed by atoms with Gasteiger partial charge in [-0.25, -0.2) is 4.99 Å². The Morgan fingerprint density at radius 2 is 1.63 bits per heavy atom. The van der Waals surface area contributed by atoms with E-state index in [1.54, 1.807) is 21.3 Å². The molecule has 1 aliphatic rings. The van der Waals surface area contributed by atoms with Gasteiger partial charge in [0.25, 0.3) is 0 Å². The molecule has 2 N–H and O–H groups in total. The van der Waals surface area contributed by atoms with E-state index in [4.69, 9.17) is 18.9 Å². The Morgan fingerprint density at radius 1 is 0.967 bits per heavy atom. The van der Waals surface area contributed by atoms with E-state index >= 15 is 0 Å². The van der Waals surface area contributed by atoms with E-state index in [-0.39, 0.29) is 24.0 Å². The number of benzene rings is 1. The van der Waals surface area contributed by atoms with Crippen molar-refractivity contribution in [3.8, 4) is 17.2 Å². The third kappa shape index (κ3) is 8.75. The lowest BCUT2D eigenvalue weighted by Gasteiger charge is -2.22. The van der Waals surface area contributed by atoms with Crippen LogP contribution in [0, 0.1) is 0 Å². The molecule has 2 rings (SSSR count). The first-order chi connectivity index (χ1) is 14.2. The zero-order chi connectivity index (χ0) is 20.9. The van der Waals surface area contributed by atoms with Gasteiger partial charge in [0.15, 0.2) is 17.5 Å². The predicted octanol–water partition coefficient (Wildman–Crippen LogP) is 4.12. The first kappa shape index (κ1) is 26.6.